The van der Waals surface area contributed by atoms with Gasteiger partial charge in [0.2, 0.25) is 0 Å². The van der Waals surface area contributed by atoms with E-state index in [4.69, 9.17) is 0 Å². The molecule has 1 rings (SSSR count). The smallest absolute Gasteiger partial charge is 0.0319 e. The second kappa shape index (κ2) is 4.56. The van der Waals surface area contributed by atoms with Crippen molar-refractivity contribution in [2.24, 2.45) is 0 Å². The summed E-state index contributed by atoms with van der Waals surface area (Å²) < 4.78 is 0. The quantitative estimate of drug-likeness (QED) is 0.539. The Bertz CT molecular complexity index is 174. The van der Waals surface area contributed by atoms with E-state index in [0.29, 0.717) is 0 Å². The predicted octanol–water partition coefficient (Wildman–Crippen LogP) is 3.01. The van der Waals surface area contributed by atoms with Crippen LogP contribution in [0.2, 0.25) is 25.7 Å². The first-order chi connectivity index (χ1) is 4.58. The minimum Gasteiger partial charge on any atom is -0.273 e. The van der Waals surface area contributed by atoms with E-state index in [1.165, 1.54) is 11.6 Å². The first-order valence-corrected chi connectivity index (χ1v) is 7.54. The van der Waals surface area contributed by atoms with Gasteiger partial charge in [0.1, 0.15) is 0 Å². The van der Waals surface area contributed by atoms with E-state index in [0.717, 1.165) is 6.42 Å². The van der Waals surface area contributed by atoms with Crippen molar-refractivity contribution in [2.75, 3.05) is 0 Å². The summed E-state index contributed by atoms with van der Waals surface area (Å²) in [5.74, 6) is 0. The molecule has 0 saturated carbocycles. The summed E-state index contributed by atoms with van der Waals surface area (Å²) in [6.45, 7) is 7.21. The topological polar surface area (TPSA) is 0 Å². The van der Waals surface area contributed by atoms with Crippen molar-refractivity contribution < 1.29 is 25.8 Å². The summed E-state index contributed by atoms with van der Waals surface area (Å²) in [5.41, 5.74) is 1.51. The molecule has 0 unspecified atom stereocenters. The molecule has 0 N–H and O–H groups in total. The van der Waals surface area contributed by atoms with Crippen molar-refractivity contribution in [1.82, 2.24) is 0 Å². The fraction of sp³-hybridized carbons (Fsp3) is 0.556. The van der Waals surface area contributed by atoms with Gasteiger partial charge in [-0.25, -0.2) is 11.6 Å². The van der Waals surface area contributed by atoms with Crippen molar-refractivity contribution in [3.05, 3.63) is 23.8 Å². The van der Waals surface area contributed by atoms with Crippen LogP contribution in [0.1, 0.15) is 6.42 Å². The molecule has 0 aromatic rings. The number of hydrogen-bond donors (Lipinski definition) is 0. The molecule has 0 aromatic heterocycles. The van der Waals surface area contributed by atoms with Gasteiger partial charge in [-0.2, -0.15) is 6.08 Å². The SMILES string of the molecule is C[Si](C)(C)CC1=CC[C-]=C1.[Hf]. The van der Waals surface area contributed by atoms with Crippen molar-refractivity contribution in [1.29, 1.82) is 0 Å². The Hall–Kier alpha value is 0.567. The van der Waals surface area contributed by atoms with Gasteiger partial charge in [-0.1, -0.05) is 25.7 Å². The first kappa shape index (κ1) is 11.6. The van der Waals surface area contributed by atoms with E-state index >= 15 is 0 Å². The Morgan fingerprint density at radius 1 is 1.45 bits per heavy atom. The van der Waals surface area contributed by atoms with Crippen LogP contribution in [0.4, 0.5) is 0 Å². The van der Waals surface area contributed by atoms with E-state index in [9.17, 15) is 0 Å². The molecular formula is C9H15HfSi-. The summed E-state index contributed by atoms with van der Waals surface area (Å²) in [4.78, 5) is 0. The first-order valence-electron chi connectivity index (χ1n) is 3.83. The maximum absolute atomic E-state index is 3.20. The van der Waals surface area contributed by atoms with Crippen molar-refractivity contribution in [2.45, 2.75) is 32.1 Å². The van der Waals surface area contributed by atoms with Gasteiger partial charge < -0.3 is 0 Å². The number of allylic oxidation sites excluding steroid dienone is 4. The van der Waals surface area contributed by atoms with E-state index in [1.807, 2.05) is 0 Å². The summed E-state index contributed by atoms with van der Waals surface area (Å²) in [6, 6.07) is 1.32. The Kier molecular flexibility index (Phi) is 4.79. The van der Waals surface area contributed by atoms with Crippen molar-refractivity contribution >= 4 is 8.07 Å². The van der Waals surface area contributed by atoms with E-state index in [-0.39, 0.29) is 25.8 Å². The van der Waals surface area contributed by atoms with Crippen LogP contribution in [0.3, 0.4) is 0 Å². The molecule has 1 aliphatic rings. The van der Waals surface area contributed by atoms with Crippen LogP contribution in [0.15, 0.2) is 17.7 Å². The average molecular weight is 330 g/mol. The zero-order valence-electron chi connectivity index (χ0n) is 7.57. The van der Waals surface area contributed by atoms with Crippen LogP contribution in [0.25, 0.3) is 0 Å². The molecule has 0 atom stereocenters. The molecule has 1 aliphatic carbocycles. The van der Waals surface area contributed by atoms with E-state index in [2.05, 4.69) is 37.9 Å². The van der Waals surface area contributed by atoms with Gasteiger partial charge >= 0.3 is 0 Å². The van der Waals surface area contributed by atoms with Crippen LogP contribution in [0.5, 0.6) is 0 Å². The second-order valence-corrected chi connectivity index (χ2v) is 9.54. The summed E-state index contributed by atoms with van der Waals surface area (Å²) in [6.07, 6.45) is 8.68. The summed E-state index contributed by atoms with van der Waals surface area (Å²) in [7, 11) is -0.862. The Morgan fingerprint density at radius 2 is 2.09 bits per heavy atom. The molecule has 0 radical (unpaired) electrons. The zero-order chi connectivity index (χ0) is 7.61. The Morgan fingerprint density at radius 3 is 2.45 bits per heavy atom. The predicted molar refractivity (Wildman–Crippen MR) is 48.7 cm³/mol. The van der Waals surface area contributed by atoms with Crippen LogP contribution >= 0.6 is 0 Å². The minimum absolute atomic E-state index is 0. The molecule has 0 saturated heterocycles. The van der Waals surface area contributed by atoms with E-state index < -0.39 is 8.07 Å². The molecule has 0 amide bonds. The second-order valence-electron chi connectivity index (χ2n) is 4.07. The third kappa shape index (κ3) is 4.91. The molecule has 0 aromatic carbocycles. The fourth-order valence-corrected chi connectivity index (χ4v) is 2.65. The van der Waals surface area contributed by atoms with Crippen LogP contribution in [-0.2, 0) is 25.8 Å². The third-order valence-electron chi connectivity index (χ3n) is 1.50. The van der Waals surface area contributed by atoms with Crippen LogP contribution in [0, 0.1) is 6.08 Å². The van der Waals surface area contributed by atoms with Gasteiger partial charge in [-0.15, -0.1) is 6.42 Å². The van der Waals surface area contributed by atoms with Gasteiger partial charge in [-0.3, -0.25) is 6.08 Å². The number of hydrogen-bond acceptors (Lipinski definition) is 0. The molecule has 0 bridgehead atoms. The standard InChI is InChI=1S/C9H15Si.Hf/c1-10(2,3)8-9-6-4-5-7-9;/h6-7H,4,8H2,1-3H3;/q-1;. The largest absolute Gasteiger partial charge is 0.273 e. The molecule has 0 fully saturated rings. The molecule has 0 nitrogen and oxygen atoms in total. The summed E-state index contributed by atoms with van der Waals surface area (Å²) >= 11 is 0. The Balaban J connectivity index is 0.000001000. The van der Waals surface area contributed by atoms with E-state index in [1.54, 1.807) is 0 Å². The number of rotatable bonds is 2. The Labute approximate surface area is 89.6 Å². The van der Waals surface area contributed by atoms with Gasteiger partial charge in [0, 0.05) is 33.9 Å². The maximum Gasteiger partial charge on any atom is 0.0319 e. The van der Waals surface area contributed by atoms with Gasteiger partial charge in [0.25, 0.3) is 0 Å². The van der Waals surface area contributed by atoms with Gasteiger partial charge in [-0.05, 0) is 0 Å². The third-order valence-corrected chi connectivity index (χ3v) is 2.97. The fourth-order valence-electron chi connectivity index (χ4n) is 1.17. The zero-order valence-corrected chi connectivity index (χ0v) is 12.2. The maximum atomic E-state index is 3.20. The molecule has 2 heteroatoms. The molecule has 0 heterocycles. The summed E-state index contributed by atoms with van der Waals surface area (Å²) in [5, 5.41) is 0. The van der Waals surface area contributed by atoms with Crippen molar-refractivity contribution in [3.63, 3.8) is 0 Å². The van der Waals surface area contributed by atoms with Gasteiger partial charge in [0.15, 0.2) is 0 Å². The van der Waals surface area contributed by atoms with Crippen molar-refractivity contribution in [3.8, 4) is 0 Å². The van der Waals surface area contributed by atoms with Crippen LogP contribution in [-0.4, -0.2) is 8.07 Å². The monoisotopic (exact) mass is 331 g/mol. The normalized spacial score (nSPS) is 16.1. The minimum atomic E-state index is -0.862. The average Bonchev–Trinajstić information content (AvgIpc) is 2.12. The van der Waals surface area contributed by atoms with Gasteiger partial charge in [0.05, 0.1) is 0 Å². The molecule has 11 heavy (non-hydrogen) atoms. The molecular weight excluding hydrogens is 315 g/mol. The molecule has 60 valence electrons. The molecule has 0 spiro atoms. The van der Waals surface area contributed by atoms with Crippen LogP contribution < -0.4 is 0 Å². The molecule has 0 aliphatic heterocycles.